The highest BCUT2D eigenvalue weighted by molar-refractivity contribution is 7.89. The number of hydrogen-bond acceptors (Lipinski definition) is 5. The molecule has 2 heterocycles. The fraction of sp³-hybridized carbons (Fsp3) is 0.636. The summed E-state index contributed by atoms with van der Waals surface area (Å²) < 4.78 is 31.2. The molecule has 2 rings (SSSR count). The minimum Gasteiger partial charge on any atom is -0.462 e. The number of nitrogens with one attached hydrogen (secondary N) is 1. The Morgan fingerprint density at radius 1 is 1.63 bits per heavy atom. The molecule has 7 nitrogen and oxygen atoms in total. The third kappa shape index (κ3) is 2.50. The standard InChI is InChI=1S/C11H17N3O4S/c1-3-18-11(15)9-7-12-13-10(9)19(16,17)14-6-4-5-8(14)2/h7-8H,3-6H2,1-2H3,(H,12,13). The van der Waals surface area contributed by atoms with Crippen LogP contribution in [0.3, 0.4) is 0 Å². The second-order valence-corrected chi connectivity index (χ2v) is 6.27. The van der Waals surface area contributed by atoms with Crippen molar-refractivity contribution < 1.29 is 17.9 Å². The molecule has 1 fully saturated rings. The van der Waals surface area contributed by atoms with E-state index in [4.69, 9.17) is 4.74 Å². The van der Waals surface area contributed by atoms with Crippen LogP contribution in [-0.4, -0.2) is 48.1 Å². The first-order chi connectivity index (χ1) is 8.98. The van der Waals surface area contributed by atoms with Crippen LogP contribution >= 0.6 is 0 Å². The minimum atomic E-state index is -3.72. The monoisotopic (exact) mass is 287 g/mol. The van der Waals surface area contributed by atoms with Gasteiger partial charge in [-0.2, -0.15) is 9.40 Å². The first kappa shape index (κ1) is 14.0. The van der Waals surface area contributed by atoms with Gasteiger partial charge in [-0.3, -0.25) is 5.10 Å². The van der Waals surface area contributed by atoms with Gasteiger partial charge >= 0.3 is 5.97 Å². The first-order valence-corrected chi connectivity index (χ1v) is 7.64. The van der Waals surface area contributed by atoms with Crippen LogP contribution in [0.25, 0.3) is 0 Å². The molecule has 1 atom stereocenters. The van der Waals surface area contributed by atoms with Gasteiger partial charge in [0.2, 0.25) is 0 Å². The molecule has 19 heavy (non-hydrogen) atoms. The normalized spacial score (nSPS) is 20.6. The van der Waals surface area contributed by atoms with Gasteiger partial charge in [-0.05, 0) is 26.7 Å². The van der Waals surface area contributed by atoms with Gasteiger partial charge in [-0.25, -0.2) is 13.2 Å². The van der Waals surface area contributed by atoms with Crippen LogP contribution in [0.5, 0.6) is 0 Å². The number of carbonyl (C=O) groups excluding carboxylic acids is 1. The van der Waals surface area contributed by atoms with E-state index in [0.29, 0.717) is 6.54 Å². The lowest BCUT2D eigenvalue weighted by molar-refractivity contribution is 0.0521. The lowest BCUT2D eigenvalue weighted by atomic mass is 10.3. The van der Waals surface area contributed by atoms with Crippen molar-refractivity contribution in [2.24, 2.45) is 0 Å². The zero-order valence-electron chi connectivity index (χ0n) is 10.9. The van der Waals surface area contributed by atoms with Gasteiger partial charge in [0.05, 0.1) is 12.8 Å². The number of rotatable bonds is 4. The van der Waals surface area contributed by atoms with Crippen LogP contribution in [0.1, 0.15) is 37.0 Å². The Labute approximate surface area is 112 Å². The number of esters is 1. The molecule has 1 aromatic rings. The van der Waals surface area contributed by atoms with Gasteiger partial charge in [0, 0.05) is 12.6 Å². The molecule has 1 unspecified atom stereocenters. The van der Waals surface area contributed by atoms with E-state index in [1.807, 2.05) is 6.92 Å². The number of nitrogens with zero attached hydrogens (tertiary/aromatic N) is 2. The summed E-state index contributed by atoms with van der Waals surface area (Å²) in [6.45, 7) is 4.16. The highest BCUT2D eigenvalue weighted by Crippen LogP contribution is 2.26. The molecular formula is C11H17N3O4S. The summed E-state index contributed by atoms with van der Waals surface area (Å²) in [5.74, 6) is -0.679. The molecule has 8 heteroatoms. The number of carbonyl (C=O) groups is 1. The molecule has 0 aromatic carbocycles. The second kappa shape index (κ2) is 5.30. The van der Waals surface area contributed by atoms with Gasteiger partial charge < -0.3 is 4.74 Å². The summed E-state index contributed by atoms with van der Waals surface area (Å²) >= 11 is 0. The van der Waals surface area contributed by atoms with Crippen molar-refractivity contribution in [1.82, 2.24) is 14.5 Å². The number of sulfonamides is 1. The Morgan fingerprint density at radius 2 is 2.37 bits per heavy atom. The van der Waals surface area contributed by atoms with Gasteiger partial charge in [0.1, 0.15) is 5.56 Å². The highest BCUT2D eigenvalue weighted by atomic mass is 32.2. The topological polar surface area (TPSA) is 92.4 Å². The Balaban J connectivity index is 2.36. The van der Waals surface area contributed by atoms with E-state index in [1.165, 1.54) is 10.5 Å². The van der Waals surface area contributed by atoms with Crippen molar-refractivity contribution in [2.45, 2.75) is 37.8 Å². The molecule has 1 aliphatic heterocycles. The molecule has 0 bridgehead atoms. The number of hydrogen-bond donors (Lipinski definition) is 1. The molecular weight excluding hydrogens is 270 g/mol. The lowest BCUT2D eigenvalue weighted by Crippen LogP contribution is -2.34. The summed E-state index contributed by atoms with van der Waals surface area (Å²) in [6.07, 6.45) is 2.83. The van der Waals surface area contributed by atoms with Crippen LogP contribution < -0.4 is 0 Å². The lowest BCUT2D eigenvalue weighted by Gasteiger charge is -2.20. The van der Waals surface area contributed by atoms with E-state index in [-0.39, 0.29) is 23.2 Å². The molecule has 1 N–H and O–H groups in total. The maximum Gasteiger partial charge on any atom is 0.342 e. The molecule has 0 aliphatic carbocycles. The van der Waals surface area contributed by atoms with Crippen molar-refractivity contribution in [2.75, 3.05) is 13.2 Å². The third-order valence-corrected chi connectivity index (χ3v) is 5.15. The van der Waals surface area contributed by atoms with Crippen LogP contribution in [0, 0.1) is 0 Å². The predicted molar refractivity (Wildman–Crippen MR) is 67.1 cm³/mol. The zero-order chi connectivity index (χ0) is 14.0. The van der Waals surface area contributed by atoms with Crippen LogP contribution in [-0.2, 0) is 14.8 Å². The molecule has 0 radical (unpaired) electrons. The predicted octanol–water partition coefficient (Wildman–Crippen LogP) is 0.759. The average molecular weight is 287 g/mol. The minimum absolute atomic E-state index is 0.0408. The van der Waals surface area contributed by atoms with Gasteiger partial charge in [0.15, 0.2) is 5.03 Å². The second-order valence-electron chi connectivity index (χ2n) is 4.44. The molecule has 1 aliphatic rings. The van der Waals surface area contributed by atoms with Crippen molar-refractivity contribution in [3.05, 3.63) is 11.8 Å². The Hall–Kier alpha value is -1.41. The molecule has 0 saturated carbocycles. The van der Waals surface area contributed by atoms with Crippen LogP contribution in [0.4, 0.5) is 0 Å². The maximum atomic E-state index is 12.5. The van der Waals surface area contributed by atoms with Gasteiger partial charge in [-0.1, -0.05) is 0 Å². The Bertz CT molecular complexity index is 566. The number of H-pyrrole nitrogens is 1. The molecule has 1 saturated heterocycles. The fourth-order valence-corrected chi connectivity index (χ4v) is 3.97. The van der Waals surface area contributed by atoms with E-state index >= 15 is 0 Å². The summed E-state index contributed by atoms with van der Waals surface area (Å²) in [5.41, 5.74) is -0.0408. The van der Waals surface area contributed by atoms with E-state index in [0.717, 1.165) is 12.8 Å². The first-order valence-electron chi connectivity index (χ1n) is 6.20. The van der Waals surface area contributed by atoms with Gasteiger partial charge in [-0.15, -0.1) is 0 Å². The van der Waals surface area contributed by atoms with Crippen LogP contribution in [0.15, 0.2) is 11.2 Å². The zero-order valence-corrected chi connectivity index (χ0v) is 11.7. The molecule has 1 aromatic heterocycles. The average Bonchev–Trinajstić information content (AvgIpc) is 2.97. The van der Waals surface area contributed by atoms with E-state index in [2.05, 4.69) is 10.2 Å². The van der Waals surface area contributed by atoms with Crippen LogP contribution in [0.2, 0.25) is 0 Å². The Morgan fingerprint density at radius 3 is 2.95 bits per heavy atom. The fourth-order valence-electron chi connectivity index (χ4n) is 2.21. The number of aromatic nitrogens is 2. The largest absolute Gasteiger partial charge is 0.462 e. The van der Waals surface area contributed by atoms with Crippen molar-refractivity contribution in [3.63, 3.8) is 0 Å². The van der Waals surface area contributed by atoms with E-state index in [1.54, 1.807) is 6.92 Å². The highest BCUT2D eigenvalue weighted by Gasteiger charge is 2.36. The summed E-state index contributed by atoms with van der Waals surface area (Å²) in [5, 5.41) is 5.88. The Kier molecular flexibility index (Phi) is 3.91. The quantitative estimate of drug-likeness (QED) is 0.825. The van der Waals surface area contributed by atoms with Gasteiger partial charge in [0.25, 0.3) is 10.0 Å². The summed E-state index contributed by atoms with van der Waals surface area (Å²) in [7, 11) is -3.72. The molecule has 0 amide bonds. The maximum absolute atomic E-state index is 12.5. The third-order valence-electron chi connectivity index (χ3n) is 3.16. The SMILES string of the molecule is CCOC(=O)c1cn[nH]c1S(=O)(=O)N1CCCC1C. The van der Waals surface area contributed by atoms with Crippen molar-refractivity contribution in [3.8, 4) is 0 Å². The number of ether oxygens (including phenoxy) is 1. The van der Waals surface area contributed by atoms with E-state index < -0.39 is 16.0 Å². The summed E-state index contributed by atoms with van der Waals surface area (Å²) in [6, 6.07) is -0.0663. The molecule has 106 valence electrons. The smallest absolute Gasteiger partial charge is 0.342 e. The summed E-state index contributed by atoms with van der Waals surface area (Å²) in [4.78, 5) is 11.7. The molecule has 0 spiro atoms. The van der Waals surface area contributed by atoms with E-state index in [9.17, 15) is 13.2 Å². The number of aromatic amines is 1. The van der Waals surface area contributed by atoms with Crippen molar-refractivity contribution in [1.29, 1.82) is 0 Å². The van der Waals surface area contributed by atoms with Crippen molar-refractivity contribution >= 4 is 16.0 Å².